The van der Waals surface area contributed by atoms with Gasteiger partial charge in [0.1, 0.15) is 9.79 Å². The molecule has 6 rings (SSSR count). The van der Waals surface area contributed by atoms with Crippen molar-refractivity contribution >= 4 is 26.4 Å². The number of likely N-dealkylation sites (tertiary alicyclic amines) is 1. The highest BCUT2D eigenvalue weighted by Crippen LogP contribution is 2.39. The molecule has 1 N–H and O–H groups in total. The minimum absolute atomic E-state index is 0.156. The zero-order valence-corrected chi connectivity index (χ0v) is 25.1. The number of benzene rings is 2. The molecule has 11 heteroatoms. The van der Waals surface area contributed by atoms with Gasteiger partial charge in [-0.15, -0.1) is 0 Å². The van der Waals surface area contributed by atoms with Gasteiger partial charge in [-0.2, -0.15) is 4.39 Å². The second kappa shape index (κ2) is 11.7. The average molecular weight is 600 g/mol. The first-order chi connectivity index (χ1) is 20.1. The summed E-state index contributed by atoms with van der Waals surface area (Å²) in [7, 11) is -2.31. The van der Waals surface area contributed by atoms with Gasteiger partial charge in [0.25, 0.3) is 0 Å². The Hall–Kier alpha value is -2.86. The van der Waals surface area contributed by atoms with Crippen LogP contribution in [0.4, 0.5) is 14.5 Å². The van der Waals surface area contributed by atoms with Crippen molar-refractivity contribution in [2.45, 2.75) is 54.5 Å². The van der Waals surface area contributed by atoms with Crippen LogP contribution < -0.4 is 4.90 Å². The number of pyridine rings is 1. The van der Waals surface area contributed by atoms with Crippen LogP contribution in [0.2, 0.25) is 0 Å². The van der Waals surface area contributed by atoms with Crippen molar-refractivity contribution in [1.29, 1.82) is 0 Å². The summed E-state index contributed by atoms with van der Waals surface area (Å²) in [4.78, 5) is 13.1. The molecule has 226 valence electrons. The molecule has 4 heterocycles. The van der Waals surface area contributed by atoms with Crippen molar-refractivity contribution in [2.24, 2.45) is 0 Å². The SMILES string of the molecule is Cc1ccc2ncc(S(=O)(=O)c3ccc(O)c(F)c3F)c(N3CCC(N4CCC(N5CCN(C)CC5)CC4)CC3)c2c1. The number of hydrogen-bond acceptors (Lipinski definition) is 8. The number of hydrogen-bond donors (Lipinski definition) is 1. The zero-order chi connectivity index (χ0) is 29.6. The van der Waals surface area contributed by atoms with Crippen LogP contribution in [0.25, 0.3) is 10.9 Å². The number of likely N-dealkylation sites (N-methyl/N-ethyl adjacent to an activating group) is 1. The van der Waals surface area contributed by atoms with Crippen LogP contribution in [0.15, 0.2) is 46.3 Å². The molecule has 0 amide bonds. The van der Waals surface area contributed by atoms with Crippen molar-refractivity contribution in [3.05, 3.63) is 53.7 Å². The Balaban J connectivity index is 1.24. The lowest BCUT2D eigenvalue weighted by Crippen LogP contribution is -2.54. The summed E-state index contributed by atoms with van der Waals surface area (Å²) in [5, 5.41) is 10.2. The Bertz CT molecular complexity index is 1560. The molecule has 3 aromatic rings. The number of halogens is 2. The lowest BCUT2D eigenvalue weighted by Gasteiger charge is -2.46. The quantitative estimate of drug-likeness (QED) is 0.471. The Kier molecular flexibility index (Phi) is 8.12. The highest BCUT2D eigenvalue weighted by Gasteiger charge is 2.35. The molecule has 0 unspecified atom stereocenters. The molecule has 0 spiro atoms. The van der Waals surface area contributed by atoms with Crippen LogP contribution in [0, 0.1) is 18.6 Å². The predicted octanol–water partition coefficient (Wildman–Crippen LogP) is 4.04. The molecule has 3 fully saturated rings. The molecule has 8 nitrogen and oxygen atoms in total. The minimum Gasteiger partial charge on any atom is -0.505 e. The van der Waals surface area contributed by atoms with Crippen LogP contribution >= 0.6 is 0 Å². The maximum atomic E-state index is 14.9. The van der Waals surface area contributed by atoms with Gasteiger partial charge in [0, 0.05) is 62.9 Å². The number of anilines is 1. The first kappa shape index (κ1) is 29.2. The van der Waals surface area contributed by atoms with E-state index in [0.29, 0.717) is 41.8 Å². The lowest BCUT2D eigenvalue weighted by molar-refractivity contribution is 0.0495. The minimum atomic E-state index is -4.50. The number of piperazine rings is 1. The molecule has 0 saturated carbocycles. The van der Waals surface area contributed by atoms with E-state index in [1.54, 1.807) is 0 Å². The summed E-state index contributed by atoms with van der Waals surface area (Å²) in [5.41, 5.74) is 2.06. The normalized spacial score (nSPS) is 20.9. The van der Waals surface area contributed by atoms with Crippen LogP contribution in [-0.4, -0.2) is 105 Å². The number of aromatic nitrogens is 1. The van der Waals surface area contributed by atoms with E-state index in [9.17, 15) is 22.3 Å². The predicted molar refractivity (Wildman–Crippen MR) is 159 cm³/mol. The molecule has 2 aromatic carbocycles. The zero-order valence-electron chi connectivity index (χ0n) is 24.3. The number of rotatable bonds is 5. The monoisotopic (exact) mass is 599 g/mol. The van der Waals surface area contributed by atoms with Gasteiger partial charge in [-0.25, -0.2) is 12.8 Å². The topological polar surface area (TPSA) is 80.2 Å². The summed E-state index contributed by atoms with van der Waals surface area (Å²) in [6, 6.07) is 8.52. The fourth-order valence-electron chi connectivity index (χ4n) is 6.90. The number of phenols is 1. The Labute approximate surface area is 246 Å². The summed E-state index contributed by atoms with van der Waals surface area (Å²) < 4.78 is 56.8. The fraction of sp³-hybridized carbons (Fsp3) is 0.516. The van der Waals surface area contributed by atoms with E-state index < -0.39 is 32.1 Å². The number of aromatic hydroxyl groups is 1. The molecule has 3 aliphatic rings. The van der Waals surface area contributed by atoms with Crippen LogP contribution in [-0.2, 0) is 9.84 Å². The largest absolute Gasteiger partial charge is 0.505 e. The van der Waals surface area contributed by atoms with E-state index in [4.69, 9.17) is 0 Å². The smallest absolute Gasteiger partial charge is 0.213 e. The number of sulfone groups is 1. The van der Waals surface area contributed by atoms with E-state index in [2.05, 4.69) is 31.6 Å². The van der Waals surface area contributed by atoms with Gasteiger partial charge < -0.3 is 19.8 Å². The maximum Gasteiger partial charge on any atom is 0.213 e. The van der Waals surface area contributed by atoms with Gasteiger partial charge in [-0.3, -0.25) is 9.88 Å². The summed E-state index contributed by atoms with van der Waals surface area (Å²) in [5.74, 6) is -4.11. The Morgan fingerprint density at radius 2 is 1.43 bits per heavy atom. The van der Waals surface area contributed by atoms with Crippen molar-refractivity contribution < 1.29 is 22.3 Å². The van der Waals surface area contributed by atoms with Gasteiger partial charge in [-0.1, -0.05) is 11.6 Å². The fourth-order valence-corrected chi connectivity index (χ4v) is 8.40. The molecule has 42 heavy (non-hydrogen) atoms. The van der Waals surface area contributed by atoms with Crippen molar-refractivity contribution in [3.8, 4) is 5.75 Å². The van der Waals surface area contributed by atoms with Gasteiger partial charge >= 0.3 is 0 Å². The standard InChI is InChI=1S/C31H39F2N5O3S/c1-21-3-4-25-24(19-21)31(28(20-34-25)42(40,41)27-6-5-26(39)29(32)30(27)33)38-13-9-22(10-14-38)36-11-7-23(8-12-36)37-17-15-35(2)16-18-37/h3-6,19-20,22-23,39H,7-18H2,1-2H3. The van der Waals surface area contributed by atoms with E-state index in [1.807, 2.05) is 25.1 Å². The average Bonchev–Trinajstić information content (AvgIpc) is 3.00. The van der Waals surface area contributed by atoms with Crippen molar-refractivity contribution in [1.82, 2.24) is 19.7 Å². The van der Waals surface area contributed by atoms with E-state index in [0.717, 1.165) is 69.8 Å². The third-order valence-electron chi connectivity index (χ3n) is 9.42. The number of piperidine rings is 2. The highest BCUT2D eigenvalue weighted by molar-refractivity contribution is 7.91. The van der Waals surface area contributed by atoms with E-state index in [1.165, 1.54) is 19.0 Å². The van der Waals surface area contributed by atoms with E-state index in [-0.39, 0.29) is 4.90 Å². The van der Waals surface area contributed by atoms with Gasteiger partial charge in [0.2, 0.25) is 15.7 Å². The molecule has 3 aliphatic heterocycles. The number of phenolic OH excluding ortho intramolecular Hbond substituents is 1. The van der Waals surface area contributed by atoms with Gasteiger partial charge in [0.05, 0.1) is 11.2 Å². The Morgan fingerprint density at radius 3 is 2.10 bits per heavy atom. The Morgan fingerprint density at radius 1 is 0.810 bits per heavy atom. The van der Waals surface area contributed by atoms with E-state index >= 15 is 0 Å². The molecule has 0 atom stereocenters. The third kappa shape index (κ3) is 5.47. The first-order valence-corrected chi connectivity index (χ1v) is 16.3. The lowest BCUT2D eigenvalue weighted by atomic mass is 9.96. The molecule has 3 saturated heterocycles. The third-order valence-corrected chi connectivity index (χ3v) is 11.2. The molecule has 0 aliphatic carbocycles. The first-order valence-electron chi connectivity index (χ1n) is 14.9. The maximum absolute atomic E-state index is 14.9. The van der Waals surface area contributed by atoms with Gasteiger partial charge in [-0.05, 0) is 77.0 Å². The molecular formula is C31H39F2N5O3S. The number of nitrogens with zero attached hydrogens (tertiary/aromatic N) is 5. The molecule has 0 bridgehead atoms. The summed E-state index contributed by atoms with van der Waals surface area (Å²) >= 11 is 0. The van der Waals surface area contributed by atoms with Crippen LogP contribution in [0.5, 0.6) is 5.75 Å². The molecular weight excluding hydrogens is 560 g/mol. The molecule has 0 radical (unpaired) electrons. The van der Waals surface area contributed by atoms with Crippen LogP contribution in [0.3, 0.4) is 0 Å². The second-order valence-electron chi connectivity index (χ2n) is 12.0. The second-order valence-corrected chi connectivity index (χ2v) is 13.9. The van der Waals surface area contributed by atoms with Gasteiger partial charge in [0.15, 0.2) is 11.6 Å². The highest BCUT2D eigenvalue weighted by atomic mass is 32.2. The van der Waals surface area contributed by atoms with Crippen molar-refractivity contribution in [2.75, 3.05) is 64.3 Å². The summed E-state index contributed by atoms with van der Waals surface area (Å²) in [6.45, 7) is 9.92. The molecule has 1 aromatic heterocycles. The van der Waals surface area contributed by atoms with Crippen molar-refractivity contribution in [3.63, 3.8) is 0 Å². The number of fused-ring (bicyclic) bond motifs is 1. The summed E-state index contributed by atoms with van der Waals surface area (Å²) in [6.07, 6.45) is 5.37. The number of aryl methyl sites for hydroxylation is 1. The van der Waals surface area contributed by atoms with Crippen LogP contribution in [0.1, 0.15) is 31.2 Å².